The lowest BCUT2D eigenvalue weighted by molar-refractivity contribution is 0.673. The van der Waals surface area contributed by atoms with Crippen LogP contribution >= 0.6 is 0 Å². The van der Waals surface area contributed by atoms with Crippen LogP contribution in [0.3, 0.4) is 0 Å². The second-order valence-electron chi connectivity index (χ2n) is 5.41. The van der Waals surface area contributed by atoms with Crippen LogP contribution in [0.4, 0.5) is 5.82 Å². The first-order valence-electron chi connectivity index (χ1n) is 7.28. The predicted molar refractivity (Wildman–Crippen MR) is 81.6 cm³/mol. The van der Waals surface area contributed by atoms with Crippen LogP contribution in [0.25, 0.3) is 0 Å². The number of hydrogen-bond acceptors (Lipinski definition) is 3. The zero-order valence-corrected chi connectivity index (χ0v) is 12.4. The molecule has 1 N–H and O–H groups in total. The lowest BCUT2D eigenvalue weighted by Crippen LogP contribution is -2.30. The van der Waals surface area contributed by atoms with Gasteiger partial charge >= 0.3 is 0 Å². The van der Waals surface area contributed by atoms with Crippen LogP contribution in [-0.4, -0.2) is 24.6 Å². The minimum absolute atomic E-state index is 0.937. The number of nitrogens with one attached hydrogen (secondary N) is 1. The number of aromatic nitrogens is 1. The van der Waals surface area contributed by atoms with Crippen molar-refractivity contribution in [2.45, 2.75) is 40.2 Å². The molecule has 0 atom stereocenters. The molecule has 2 heterocycles. The maximum Gasteiger partial charge on any atom is 0.129 e. The van der Waals surface area contributed by atoms with Gasteiger partial charge in [-0.05, 0) is 50.9 Å². The molecule has 0 spiro atoms. The van der Waals surface area contributed by atoms with Gasteiger partial charge in [0.1, 0.15) is 5.82 Å². The highest BCUT2D eigenvalue weighted by molar-refractivity contribution is 5.45. The van der Waals surface area contributed by atoms with Gasteiger partial charge in [-0.3, -0.25) is 0 Å². The highest BCUT2D eigenvalue weighted by atomic mass is 15.2. The quantitative estimate of drug-likeness (QED) is 0.651. The molecular formula is C16H25N3. The van der Waals surface area contributed by atoms with E-state index in [1.165, 1.54) is 17.6 Å². The van der Waals surface area contributed by atoms with Gasteiger partial charge < -0.3 is 10.2 Å². The minimum atomic E-state index is 0.937. The number of anilines is 1. The molecule has 2 rings (SSSR count). The van der Waals surface area contributed by atoms with Gasteiger partial charge in [-0.2, -0.15) is 0 Å². The van der Waals surface area contributed by atoms with Gasteiger partial charge in [-0.15, -0.1) is 0 Å². The zero-order chi connectivity index (χ0) is 13.7. The zero-order valence-electron chi connectivity index (χ0n) is 12.4. The van der Waals surface area contributed by atoms with Crippen molar-refractivity contribution in [1.82, 2.24) is 10.3 Å². The molecule has 0 radical (unpaired) electrons. The Bertz CT molecular complexity index is 451. The van der Waals surface area contributed by atoms with E-state index in [-0.39, 0.29) is 0 Å². The summed E-state index contributed by atoms with van der Waals surface area (Å²) in [6, 6.07) is 4.41. The summed E-state index contributed by atoms with van der Waals surface area (Å²) in [6.07, 6.45) is 4.63. The van der Waals surface area contributed by atoms with Crippen molar-refractivity contribution in [3.8, 4) is 0 Å². The van der Waals surface area contributed by atoms with Gasteiger partial charge in [-0.1, -0.05) is 18.6 Å². The molecular weight excluding hydrogens is 234 g/mol. The van der Waals surface area contributed by atoms with E-state index < -0.39 is 0 Å². The summed E-state index contributed by atoms with van der Waals surface area (Å²) in [5.41, 5.74) is 3.89. The molecule has 1 aromatic heterocycles. The maximum absolute atomic E-state index is 4.69. The van der Waals surface area contributed by atoms with Crippen molar-refractivity contribution in [2.75, 3.05) is 24.5 Å². The fourth-order valence-electron chi connectivity index (χ4n) is 2.50. The molecule has 1 aromatic rings. The van der Waals surface area contributed by atoms with E-state index in [0.29, 0.717) is 0 Å². The van der Waals surface area contributed by atoms with Crippen molar-refractivity contribution >= 4 is 5.82 Å². The Kier molecular flexibility index (Phi) is 4.97. The smallest absolute Gasteiger partial charge is 0.129 e. The Morgan fingerprint density at radius 1 is 1.32 bits per heavy atom. The fraction of sp³-hybridized carbons (Fsp3) is 0.562. The van der Waals surface area contributed by atoms with E-state index in [1.807, 2.05) is 0 Å². The van der Waals surface area contributed by atoms with E-state index in [2.05, 4.69) is 49.2 Å². The molecule has 0 bridgehead atoms. The van der Waals surface area contributed by atoms with Crippen LogP contribution in [0.1, 0.15) is 37.9 Å². The SMILES string of the molecule is CCCNCc1cc(C)nc(N2CCC=C(C)C2)c1. The van der Waals surface area contributed by atoms with E-state index in [4.69, 9.17) is 4.98 Å². The summed E-state index contributed by atoms with van der Waals surface area (Å²) in [6.45, 7) is 10.6. The third-order valence-corrected chi connectivity index (χ3v) is 3.41. The first kappa shape index (κ1) is 14.1. The molecule has 19 heavy (non-hydrogen) atoms. The minimum Gasteiger partial charge on any atom is -0.352 e. The Morgan fingerprint density at radius 2 is 2.16 bits per heavy atom. The van der Waals surface area contributed by atoms with Gasteiger partial charge in [0.15, 0.2) is 0 Å². The third-order valence-electron chi connectivity index (χ3n) is 3.41. The van der Waals surface area contributed by atoms with Gasteiger partial charge in [0.25, 0.3) is 0 Å². The molecule has 0 aromatic carbocycles. The Hall–Kier alpha value is -1.35. The largest absolute Gasteiger partial charge is 0.352 e. The predicted octanol–water partition coefficient (Wildman–Crippen LogP) is 3.05. The van der Waals surface area contributed by atoms with Crippen molar-refractivity contribution in [2.24, 2.45) is 0 Å². The summed E-state index contributed by atoms with van der Waals surface area (Å²) >= 11 is 0. The number of nitrogens with zero attached hydrogens (tertiary/aromatic N) is 2. The molecule has 0 fully saturated rings. The molecule has 0 amide bonds. The highest BCUT2D eigenvalue weighted by Crippen LogP contribution is 2.19. The van der Waals surface area contributed by atoms with Crippen molar-refractivity contribution in [1.29, 1.82) is 0 Å². The monoisotopic (exact) mass is 259 g/mol. The molecule has 1 aliphatic rings. The Morgan fingerprint density at radius 3 is 2.89 bits per heavy atom. The second-order valence-corrected chi connectivity index (χ2v) is 5.41. The standard InChI is InChI=1S/C16H25N3/c1-4-7-17-11-15-9-14(3)18-16(10-15)19-8-5-6-13(2)12-19/h6,9-10,17H,4-5,7-8,11-12H2,1-3H3. The molecule has 0 saturated carbocycles. The first-order chi connectivity index (χ1) is 9.19. The first-order valence-corrected chi connectivity index (χ1v) is 7.28. The second kappa shape index (κ2) is 6.71. The van der Waals surface area contributed by atoms with E-state index >= 15 is 0 Å². The molecule has 0 unspecified atom stereocenters. The molecule has 3 nitrogen and oxygen atoms in total. The van der Waals surface area contributed by atoms with Gasteiger partial charge in [-0.25, -0.2) is 4.98 Å². The lowest BCUT2D eigenvalue weighted by Gasteiger charge is -2.28. The van der Waals surface area contributed by atoms with Gasteiger partial charge in [0, 0.05) is 25.3 Å². The average Bonchev–Trinajstić information content (AvgIpc) is 2.38. The van der Waals surface area contributed by atoms with Crippen molar-refractivity contribution in [3.05, 3.63) is 35.0 Å². The van der Waals surface area contributed by atoms with Crippen molar-refractivity contribution < 1.29 is 0 Å². The summed E-state index contributed by atoms with van der Waals surface area (Å²) in [5.74, 6) is 1.13. The van der Waals surface area contributed by atoms with Crippen LogP contribution in [0, 0.1) is 6.92 Å². The van der Waals surface area contributed by atoms with Gasteiger partial charge in [0.05, 0.1) is 0 Å². The normalized spacial score (nSPS) is 15.5. The summed E-state index contributed by atoms with van der Waals surface area (Å²) in [5, 5.41) is 3.46. The van der Waals surface area contributed by atoms with E-state index in [9.17, 15) is 0 Å². The van der Waals surface area contributed by atoms with E-state index in [1.54, 1.807) is 0 Å². The summed E-state index contributed by atoms with van der Waals surface area (Å²) in [7, 11) is 0. The summed E-state index contributed by atoms with van der Waals surface area (Å²) < 4.78 is 0. The topological polar surface area (TPSA) is 28.2 Å². The molecule has 3 heteroatoms. The number of rotatable bonds is 5. The van der Waals surface area contributed by atoms with Crippen LogP contribution in [-0.2, 0) is 6.54 Å². The number of pyridine rings is 1. The molecule has 104 valence electrons. The lowest BCUT2D eigenvalue weighted by atomic mass is 10.1. The van der Waals surface area contributed by atoms with Crippen molar-refractivity contribution in [3.63, 3.8) is 0 Å². The fourth-order valence-corrected chi connectivity index (χ4v) is 2.50. The Labute approximate surface area is 116 Å². The Balaban J connectivity index is 2.10. The molecule has 0 aliphatic carbocycles. The summed E-state index contributed by atoms with van der Waals surface area (Å²) in [4.78, 5) is 7.07. The number of aryl methyl sites for hydroxylation is 1. The van der Waals surface area contributed by atoms with Crippen LogP contribution in [0.5, 0.6) is 0 Å². The molecule has 1 aliphatic heterocycles. The molecule has 0 saturated heterocycles. The maximum atomic E-state index is 4.69. The van der Waals surface area contributed by atoms with Crippen LogP contribution in [0.15, 0.2) is 23.8 Å². The third kappa shape index (κ3) is 4.06. The number of hydrogen-bond donors (Lipinski definition) is 1. The average molecular weight is 259 g/mol. The van der Waals surface area contributed by atoms with Crippen LogP contribution < -0.4 is 10.2 Å². The van der Waals surface area contributed by atoms with E-state index in [0.717, 1.165) is 44.1 Å². The van der Waals surface area contributed by atoms with Crippen LogP contribution in [0.2, 0.25) is 0 Å². The highest BCUT2D eigenvalue weighted by Gasteiger charge is 2.13. The van der Waals surface area contributed by atoms with Gasteiger partial charge in [0.2, 0.25) is 0 Å².